The topological polar surface area (TPSA) is 46.2 Å². The molecule has 2 nitrogen and oxygen atoms in total. The van der Waals surface area contributed by atoms with Crippen LogP contribution in [0.3, 0.4) is 0 Å². The molecule has 0 spiro atoms. The van der Waals surface area contributed by atoms with E-state index in [1.165, 1.54) is 5.56 Å². The number of phenols is 1. The van der Waals surface area contributed by atoms with Crippen LogP contribution in [0.5, 0.6) is 5.75 Å². The first kappa shape index (κ1) is 21.5. The van der Waals surface area contributed by atoms with Crippen LogP contribution in [0, 0.1) is 11.8 Å². The molecular weight excluding hydrogens is 330 g/mol. The van der Waals surface area contributed by atoms with E-state index in [1.54, 1.807) is 0 Å². The summed E-state index contributed by atoms with van der Waals surface area (Å²) in [4.78, 5) is 0. The van der Waals surface area contributed by atoms with Crippen molar-refractivity contribution >= 4 is 0 Å². The van der Waals surface area contributed by atoms with Crippen LogP contribution < -0.4 is 5.73 Å². The van der Waals surface area contributed by atoms with Crippen LogP contribution in [-0.4, -0.2) is 5.11 Å². The molecule has 0 radical (unpaired) electrons. The van der Waals surface area contributed by atoms with Crippen molar-refractivity contribution in [3.63, 3.8) is 0 Å². The Hall–Kier alpha value is -1.80. The number of hydrogen-bond donors (Lipinski definition) is 2. The molecule has 0 atom stereocenters. The number of nitrogens with two attached hydrogens (primary N) is 1. The highest BCUT2D eigenvalue weighted by atomic mass is 16.3. The molecule has 2 heteroatoms. The minimum Gasteiger partial charge on any atom is -0.507 e. The van der Waals surface area contributed by atoms with Gasteiger partial charge in [-0.2, -0.15) is 0 Å². The minimum atomic E-state index is -0.544. The van der Waals surface area contributed by atoms with Gasteiger partial charge in [-0.25, -0.2) is 0 Å². The number of aromatic hydroxyl groups is 1. The number of rotatable bonds is 6. The summed E-state index contributed by atoms with van der Waals surface area (Å²) in [5, 5.41) is 11.3. The summed E-state index contributed by atoms with van der Waals surface area (Å²) >= 11 is 0. The van der Waals surface area contributed by atoms with Crippen LogP contribution in [0.2, 0.25) is 0 Å². The highest BCUT2D eigenvalue weighted by Gasteiger charge is 2.34. The summed E-state index contributed by atoms with van der Waals surface area (Å²) in [5.41, 5.74) is 10.4. The molecule has 0 saturated heterocycles. The lowest BCUT2D eigenvalue weighted by Gasteiger charge is -2.36. The Labute approximate surface area is 165 Å². The molecule has 0 fully saturated rings. The first-order chi connectivity index (χ1) is 12.4. The molecule has 0 heterocycles. The molecule has 0 aliphatic carbocycles. The van der Waals surface area contributed by atoms with Crippen molar-refractivity contribution in [2.75, 3.05) is 0 Å². The second-order valence-corrected chi connectivity index (χ2v) is 9.89. The van der Waals surface area contributed by atoms with E-state index in [0.29, 0.717) is 17.6 Å². The summed E-state index contributed by atoms with van der Waals surface area (Å²) in [6.07, 6.45) is 1.70. The third kappa shape index (κ3) is 5.13. The maximum atomic E-state index is 11.3. The second kappa shape index (κ2) is 8.06. The first-order valence-corrected chi connectivity index (χ1v) is 10.2. The number of hydrogen-bond acceptors (Lipinski definition) is 2. The quantitative estimate of drug-likeness (QED) is 0.604. The summed E-state index contributed by atoms with van der Waals surface area (Å²) in [5.74, 6) is 1.23. The molecule has 0 unspecified atom stereocenters. The van der Waals surface area contributed by atoms with Crippen LogP contribution in [-0.2, 0) is 11.0 Å². The van der Waals surface area contributed by atoms with E-state index in [4.69, 9.17) is 5.73 Å². The SMILES string of the molecule is CC(C)CC(N)(CC(C)C)c1cc(C(C)(C)C)cc(-c2ccccc2)c1O. The lowest BCUT2D eigenvalue weighted by atomic mass is 9.74. The van der Waals surface area contributed by atoms with Crippen molar-refractivity contribution in [3.8, 4) is 16.9 Å². The van der Waals surface area contributed by atoms with Gasteiger partial charge in [0.15, 0.2) is 0 Å². The Morgan fingerprint density at radius 3 is 1.85 bits per heavy atom. The van der Waals surface area contributed by atoms with Gasteiger partial charge >= 0.3 is 0 Å². The van der Waals surface area contributed by atoms with E-state index in [1.807, 2.05) is 30.3 Å². The van der Waals surface area contributed by atoms with E-state index >= 15 is 0 Å². The largest absolute Gasteiger partial charge is 0.507 e. The van der Waals surface area contributed by atoms with Crippen LogP contribution in [0.4, 0.5) is 0 Å². The summed E-state index contributed by atoms with van der Waals surface area (Å²) < 4.78 is 0. The highest BCUT2D eigenvalue weighted by molar-refractivity contribution is 5.73. The van der Waals surface area contributed by atoms with E-state index in [-0.39, 0.29) is 5.41 Å². The molecule has 0 saturated carbocycles. The van der Waals surface area contributed by atoms with E-state index in [2.05, 4.69) is 60.6 Å². The monoisotopic (exact) mass is 367 g/mol. The van der Waals surface area contributed by atoms with Crippen molar-refractivity contribution in [2.24, 2.45) is 17.6 Å². The Morgan fingerprint density at radius 2 is 1.41 bits per heavy atom. The van der Waals surface area contributed by atoms with Crippen molar-refractivity contribution in [2.45, 2.75) is 72.3 Å². The van der Waals surface area contributed by atoms with Gasteiger partial charge in [-0.3, -0.25) is 0 Å². The Kier molecular flexibility index (Phi) is 6.42. The predicted octanol–water partition coefficient (Wildman–Crippen LogP) is 6.60. The first-order valence-electron chi connectivity index (χ1n) is 10.2. The Bertz CT molecular complexity index is 744. The molecule has 3 N–H and O–H groups in total. The molecule has 0 aliphatic rings. The van der Waals surface area contributed by atoms with Crippen LogP contribution >= 0.6 is 0 Å². The van der Waals surface area contributed by atoms with Gasteiger partial charge in [0.2, 0.25) is 0 Å². The third-order valence-electron chi connectivity index (χ3n) is 5.14. The Morgan fingerprint density at radius 1 is 0.889 bits per heavy atom. The van der Waals surface area contributed by atoms with Gasteiger partial charge < -0.3 is 10.8 Å². The maximum absolute atomic E-state index is 11.3. The van der Waals surface area contributed by atoms with Gasteiger partial charge in [0.05, 0.1) is 0 Å². The minimum absolute atomic E-state index is 0.0252. The van der Waals surface area contributed by atoms with E-state index in [9.17, 15) is 5.11 Å². The highest BCUT2D eigenvalue weighted by Crippen LogP contribution is 2.44. The van der Waals surface area contributed by atoms with Gasteiger partial charge in [-0.15, -0.1) is 0 Å². The second-order valence-electron chi connectivity index (χ2n) is 9.89. The lowest BCUT2D eigenvalue weighted by molar-refractivity contribution is 0.280. The third-order valence-corrected chi connectivity index (χ3v) is 5.14. The zero-order chi connectivity index (χ0) is 20.4. The molecule has 0 bridgehead atoms. The summed E-state index contributed by atoms with van der Waals surface area (Å²) in [6.45, 7) is 15.4. The van der Waals surface area contributed by atoms with Gasteiger partial charge in [-0.05, 0) is 53.4 Å². The summed E-state index contributed by atoms with van der Waals surface area (Å²) in [7, 11) is 0. The van der Waals surface area contributed by atoms with Gasteiger partial charge in [0, 0.05) is 16.7 Å². The van der Waals surface area contributed by atoms with Crippen molar-refractivity contribution in [3.05, 3.63) is 53.6 Å². The average molecular weight is 368 g/mol. The van der Waals surface area contributed by atoms with Crippen LogP contribution in [0.1, 0.15) is 72.4 Å². The molecule has 2 rings (SSSR count). The molecule has 27 heavy (non-hydrogen) atoms. The molecule has 2 aromatic rings. The maximum Gasteiger partial charge on any atom is 0.128 e. The fourth-order valence-electron chi connectivity index (χ4n) is 4.05. The normalized spacial score (nSPS) is 12.8. The fourth-order valence-corrected chi connectivity index (χ4v) is 4.05. The van der Waals surface area contributed by atoms with Crippen molar-refractivity contribution in [1.29, 1.82) is 0 Å². The van der Waals surface area contributed by atoms with E-state index in [0.717, 1.165) is 29.5 Å². The van der Waals surface area contributed by atoms with Crippen LogP contribution in [0.15, 0.2) is 42.5 Å². The molecule has 0 amide bonds. The Balaban J connectivity index is 2.77. The van der Waals surface area contributed by atoms with Gasteiger partial charge in [-0.1, -0.05) is 78.8 Å². The predicted molar refractivity (Wildman–Crippen MR) is 117 cm³/mol. The molecular formula is C25H37NO. The van der Waals surface area contributed by atoms with Crippen molar-refractivity contribution in [1.82, 2.24) is 0 Å². The molecule has 148 valence electrons. The fraction of sp³-hybridized carbons (Fsp3) is 0.520. The van der Waals surface area contributed by atoms with Gasteiger partial charge in [0.25, 0.3) is 0 Å². The van der Waals surface area contributed by atoms with Crippen molar-refractivity contribution < 1.29 is 5.11 Å². The molecule has 0 aromatic heterocycles. The average Bonchev–Trinajstić information content (AvgIpc) is 2.53. The van der Waals surface area contributed by atoms with Crippen LogP contribution in [0.25, 0.3) is 11.1 Å². The molecule has 2 aromatic carbocycles. The van der Waals surface area contributed by atoms with Gasteiger partial charge in [0.1, 0.15) is 5.75 Å². The lowest BCUT2D eigenvalue weighted by Crippen LogP contribution is -2.40. The number of benzene rings is 2. The summed E-state index contributed by atoms with van der Waals surface area (Å²) in [6, 6.07) is 14.4. The standard InChI is InChI=1S/C25H37NO/c1-17(2)15-25(26,16-18(3)4)22-14-20(24(5,6)7)13-21(23(22)27)19-11-9-8-10-12-19/h8-14,17-18,27H,15-16,26H2,1-7H3. The number of phenolic OH excluding ortho intramolecular Hbond substituents is 1. The smallest absolute Gasteiger partial charge is 0.128 e. The zero-order valence-electron chi connectivity index (χ0n) is 18.1. The molecule has 0 aliphatic heterocycles. The van der Waals surface area contributed by atoms with E-state index < -0.39 is 5.54 Å². The zero-order valence-corrected chi connectivity index (χ0v) is 18.1.